The lowest BCUT2D eigenvalue weighted by molar-refractivity contribution is -0.148. The number of hydrogen-bond donors (Lipinski definition) is 1. The van der Waals surface area contributed by atoms with Crippen LogP contribution in [-0.2, 0) is 22.6 Å². The number of piperidine rings is 1. The summed E-state index contributed by atoms with van der Waals surface area (Å²) in [6, 6.07) is 12.0. The molecule has 0 atom stereocenters. The molecule has 1 aromatic heterocycles. The molecule has 1 N–H and O–H groups in total. The summed E-state index contributed by atoms with van der Waals surface area (Å²) in [5.74, 6) is 1.11. The van der Waals surface area contributed by atoms with Crippen molar-refractivity contribution in [3.8, 4) is 5.75 Å². The van der Waals surface area contributed by atoms with Crippen molar-refractivity contribution in [3.63, 3.8) is 0 Å². The summed E-state index contributed by atoms with van der Waals surface area (Å²) in [6.45, 7) is 3.57. The predicted octanol–water partition coefficient (Wildman–Crippen LogP) is 2.43. The second-order valence-electron chi connectivity index (χ2n) is 8.08. The number of nitrogens with one attached hydrogen (secondary N) is 1. The molecule has 1 aromatic carbocycles. The molecule has 2 aromatic rings. The summed E-state index contributed by atoms with van der Waals surface area (Å²) in [5, 5.41) is 3.31. The second-order valence-corrected chi connectivity index (χ2v) is 8.08. The molecule has 1 amide bonds. The third kappa shape index (κ3) is 4.60. The Morgan fingerprint density at radius 1 is 1.21 bits per heavy atom. The van der Waals surface area contributed by atoms with E-state index in [2.05, 4.69) is 16.4 Å². The molecular formula is C23H29N3O3. The summed E-state index contributed by atoms with van der Waals surface area (Å²) < 4.78 is 11.4. The van der Waals surface area contributed by atoms with Gasteiger partial charge in [0.1, 0.15) is 5.75 Å². The van der Waals surface area contributed by atoms with Gasteiger partial charge in [0.2, 0.25) is 5.91 Å². The van der Waals surface area contributed by atoms with Crippen LogP contribution < -0.4 is 10.1 Å². The van der Waals surface area contributed by atoms with E-state index in [-0.39, 0.29) is 17.4 Å². The zero-order valence-electron chi connectivity index (χ0n) is 17.0. The van der Waals surface area contributed by atoms with Crippen LogP contribution in [0.3, 0.4) is 0 Å². The van der Waals surface area contributed by atoms with E-state index in [0.717, 1.165) is 62.3 Å². The van der Waals surface area contributed by atoms with Crippen molar-refractivity contribution in [2.45, 2.75) is 32.0 Å². The maximum Gasteiger partial charge on any atom is 0.231 e. The Balaban J connectivity index is 1.32. The summed E-state index contributed by atoms with van der Waals surface area (Å²) in [4.78, 5) is 19.5. The molecule has 0 bridgehead atoms. The molecule has 0 unspecified atom stereocenters. The number of likely N-dealkylation sites (tertiary alicyclic amines) is 1. The summed E-state index contributed by atoms with van der Waals surface area (Å²) in [5.41, 5.74) is 1.90. The molecule has 6 nitrogen and oxygen atoms in total. The Labute approximate surface area is 172 Å². The van der Waals surface area contributed by atoms with E-state index in [4.69, 9.17) is 9.47 Å². The first kappa shape index (κ1) is 19.9. The largest absolute Gasteiger partial charge is 0.497 e. The minimum atomic E-state index is -0.338. The Kier molecular flexibility index (Phi) is 6.11. The third-order valence-electron chi connectivity index (χ3n) is 5.99. The molecule has 154 valence electrons. The van der Waals surface area contributed by atoms with Gasteiger partial charge in [0, 0.05) is 38.6 Å². The highest BCUT2D eigenvalue weighted by Gasteiger charge is 2.46. The van der Waals surface area contributed by atoms with Crippen LogP contribution >= 0.6 is 0 Å². The number of methoxy groups -OCH3 is 1. The van der Waals surface area contributed by atoms with E-state index in [0.29, 0.717) is 6.61 Å². The molecule has 0 saturated carbocycles. The van der Waals surface area contributed by atoms with E-state index in [9.17, 15) is 4.79 Å². The fraction of sp³-hybridized carbons (Fsp3) is 0.478. The fourth-order valence-electron chi connectivity index (χ4n) is 4.21. The van der Waals surface area contributed by atoms with Crippen molar-refractivity contribution in [1.82, 2.24) is 15.2 Å². The van der Waals surface area contributed by atoms with E-state index >= 15 is 0 Å². The topological polar surface area (TPSA) is 63.7 Å². The first-order valence-corrected chi connectivity index (χ1v) is 10.3. The molecule has 4 rings (SSSR count). The Morgan fingerprint density at radius 2 is 2.00 bits per heavy atom. The minimum Gasteiger partial charge on any atom is -0.497 e. The fourth-order valence-corrected chi connectivity index (χ4v) is 4.21. The van der Waals surface area contributed by atoms with Gasteiger partial charge in [-0.3, -0.25) is 9.78 Å². The quantitative estimate of drug-likeness (QED) is 0.780. The summed E-state index contributed by atoms with van der Waals surface area (Å²) in [6.07, 6.45) is 6.32. The molecule has 2 fully saturated rings. The van der Waals surface area contributed by atoms with Gasteiger partial charge in [0.15, 0.2) is 0 Å². The van der Waals surface area contributed by atoms with Crippen molar-refractivity contribution >= 4 is 5.91 Å². The van der Waals surface area contributed by atoms with Crippen molar-refractivity contribution in [3.05, 3.63) is 59.9 Å². The molecule has 2 aliphatic rings. The zero-order chi connectivity index (χ0) is 20.1. The smallest absolute Gasteiger partial charge is 0.231 e. The molecule has 6 heteroatoms. The van der Waals surface area contributed by atoms with E-state index in [1.165, 1.54) is 0 Å². The average Bonchev–Trinajstić information content (AvgIpc) is 2.75. The molecule has 2 saturated heterocycles. The first-order chi connectivity index (χ1) is 14.2. The van der Waals surface area contributed by atoms with Crippen molar-refractivity contribution in [2.24, 2.45) is 5.41 Å². The van der Waals surface area contributed by atoms with Crippen LogP contribution in [0, 0.1) is 5.41 Å². The van der Waals surface area contributed by atoms with Crippen LogP contribution in [0.15, 0.2) is 48.8 Å². The highest BCUT2D eigenvalue weighted by molar-refractivity contribution is 5.85. The highest BCUT2D eigenvalue weighted by atomic mass is 16.5. The number of amides is 1. The van der Waals surface area contributed by atoms with Crippen LogP contribution in [0.5, 0.6) is 5.75 Å². The molecular weight excluding hydrogens is 366 g/mol. The highest BCUT2D eigenvalue weighted by Crippen LogP contribution is 2.32. The van der Waals surface area contributed by atoms with Gasteiger partial charge in [-0.1, -0.05) is 18.2 Å². The number of ether oxygens (including phenoxy) is 2. The molecule has 3 heterocycles. The van der Waals surface area contributed by atoms with Crippen molar-refractivity contribution in [1.29, 1.82) is 0 Å². The van der Waals surface area contributed by atoms with E-state index in [1.54, 1.807) is 13.3 Å². The Bertz CT molecular complexity index is 815. The van der Waals surface area contributed by atoms with Crippen molar-refractivity contribution < 1.29 is 14.3 Å². The molecule has 0 aliphatic carbocycles. The second kappa shape index (κ2) is 8.93. The minimum absolute atomic E-state index is 0.202. The van der Waals surface area contributed by atoms with Gasteiger partial charge in [-0.05, 0) is 48.6 Å². The Morgan fingerprint density at radius 3 is 2.66 bits per heavy atom. The number of carbonyl (C=O) groups is 1. The van der Waals surface area contributed by atoms with Gasteiger partial charge in [0.05, 0.1) is 25.2 Å². The number of carbonyl (C=O) groups excluding carboxylic acids is 1. The maximum absolute atomic E-state index is 13.4. The van der Waals surface area contributed by atoms with Crippen molar-refractivity contribution in [2.75, 3.05) is 33.3 Å². The molecule has 2 aliphatic heterocycles. The van der Waals surface area contributed by atoms with Gasteiger partial charge < -0.3 is 19.7 Å². The SMILES string of the molecule is COc1cccc(CC2(C(=O)N3CCC(OCc4cccnc4)CC3)CNC2)c1. The maximum atomic E-state index is 13.4. The molecule has 29 heavy (non-hydrogen) atoms. The molecule has 0 radical (unpaired) electrons. The standard InChI is InChI=1S/C23H29N3O3/c1-28-21-6-2-4-18(12-21)13-23(16-25-17-23)22(27)26-10-7-20(8-11-26)29-15-19-5-3-9-24-14-19/h2-6,9,12,14,20,25H,7-8,10-11,13,15-17H2,1H3. The zero-order valence-corrected chi connectivity index (χ0v) is 17.0. The number of nitrogens with zero attached hydrogens (tertiary/aromatic N) is 2. The number of benzene rings is 1. The number of hydrogen-bond acceptors (Lipinski definition) is 5. The van der Waals surface area contributed by atoms with Gasteiger partial charge in [-0.2, -0.15) is 0 Å². The lowest BCUT2D eigenvalue weighted by atomic mass is 9.74. The predicted molar refractivity (Wildman–Crippen MR) is 111 cm³/mol. The third-order valence-corrected chi connectivity index (χ3v) is 5.99. The van der Waals surface area contributed by atoms with Gasteiger partial charge in [0.25, 0.3) is 0 Å². The number of pyridine rings is 1. The summed E-state index contributed by atoms with van der Waals surface area (Å²) in [7, 11) is 1.67. The van der Waals surface area contributed by atoms with E-state index in [1.807, 2.05) is 41.4 Å². The van der Waals surface area contributed by atoms with Crippen LogP contribution in [0.2, 0.25) is 0 Å². The van der Waals surface area contributed by atoms with E-state index < -0.39 is 0 Å². The average molecular weight is 396 g/mol. The van der Waals surface area contributed by atoms with Crippen LogP contribution in [-0.4, -0.2) is 55.2 Å². The summed E-state index contributed by atoms with van der Waals surface area (Å²) >= 11 is 0. The van der Waals surface area contributed by atoms with Gasteiger partial charge in [-0.15, -0.1) is 0 Å². The normalized spacial score (nSPS) is 18.9. The monoisotopic (exact) mass is 395 g/mol. The van der Waals surface area contributed by atoms with Crippen LogP contribution in [0.4, 0.5) is 0 Å². The van der Waals surface area contributed by atoms with Crippen LogP contribution in [0.25, 0.3) is 0 Å². The molecule has 0 spiro atoms. The number of rotatable bonds is 7. The van der Waals surface area contributed by atoms with Gasteiger partial charge >= 0.3 is 0 Å². The lowest BCUT2D eigenvalue weighted by Gasteiger charge is -2.45. The van der Waals surface area contributed by atoms with Crippen LogP contribution in [0.1, 0.15) is 24.0 Å². The number of aromatic nitrogens is 1. The Hall–Kier alpha value is -2.44. The lowest BCUT2D eigenvalue weighted by Crippen LogP contribution is -2.64. The van der Waals surface area contributed by atoms with Gasteiger partial charge in [-0.25, -0.2) is 0 Å². The first-order valence-electron chi connectivity index (χ1n) is 10.3.